The first kappa shape index (κ1) is 14.1. The van der Waals surface area contributed by atoms with Crippen LogP contribution in [0.3, 0.4) is 0 Å². The van der Waals surface area contributed by atoms with E-state index in [4.69, 9.17) is 9.15 Å². The molecule has 0 spiro atoms. The Morgan fingerprint density at radius 2 is 2.24 bits per heavy atom. The lowest BCUT2D eigenvalue weighted by Crippen LogP contribution is -2.27. The van der Waals surface area contributed by atoms with Gasteiger partial charge in [0.25, 0.3) is 0 Å². The van der Waals surface area contributed by atoms with E-state index in [0.29, 0.717) is 23.6 Å². The van der Waals surface area contributed by atoms with Gasteiger partial charge in [-0.15, -0.1) is 0 Å². The number of carboxylic acid groups (broad SMARTS) is 1. The molecule has 2 heterocycles. The Hall–Kier alpha value is -1.85. The fraction of sp³-hybridized carbons (Fsp3) is 0.438. The van der Waals surface area contributed by atoms with Gasteiger partial charge >= 0.3 is 5.97 Å². The van der Waals surface area contributed by atoms with E-state index in [1.54, 1.807) is 6.07 Å². The number of nitrogens with one attached hydrogen (secondary N) is 1. The Morgan fingerprint density at radius 3 is 2.95 bits per heavy atom. The first-order valence-corrected chi connectivity index (χ1v) is 7.23. The average molecular weight is 289 g/mol. The van der Waals surface area contributed by atoms with Gasteiger partial charge in [-0.2, -0.15) is 0 Å². The summed E-state index contributed by atoms with van der Waals surface area (Å²) < 4.78 is 11.0. The second-order valence-electron chi connectivity index (χ2n) is 5.47. The van der Waals surface area contributed by atoms with Gasteiger partial charge in [-0.05, 0) is 25.3 Å². The molecule has 0 aliphatic carbocycles. The minimum absolute atomic E-state index is 0.0272. The maximum absolute atomic E-state index is 11.3. The maximum Gasteiger partial charge on any atom is 0.372 e. The molecular formula is C16H19NO4. The van der Waals surface area contributed by atoms with Gasteiger partial charge in [0, 0.05) is 30.6 Å². The van der Waals surface area contributed by atoms with Crippen molar-refractivity contribution in [2.24, 2.45) is 5.92 Å². The first-order valence-electron chi connectivity index (χ1n) is 7.23. The number of rotatable bonds is 5. The minimum atomic E-state index is -1.03. The van der Waals surface area contributed by atoms with Crippen LogP contribution in [-0.4, -0.2) is 30.3 Å². The molecule has 0 saturated carbocycles. The lowest BCUT2D eigenvalue weighted by atomic mass is 10.0. The highest BCUT2D eigenvalue weighted by molar-refractivity contribution is 5.95. The topological polar surface area (TPSA) is 71.7 Å². The second-order valence-corrected chi connectivity index (χ2v) is 5.47. The molecule has 112 valence electrons. The third-order valence-electron chi connectivity index (χ3n) is 4.13. The molecule has 2 atom stereocenters. The van der Waals surface area contributed by atoms with Gasteiger partial charge in [0.2, 0.25) is 5.76 Å². The fourth-order valence-corrected chi connectivity index (χ4v) is 2.87. The van der Waals surface area contributed by atoms with Crippen LogP contribution in [0.1, 0.15) is 29.5 Å². The van der Waals surface area contributed by atoms with Crippen molar-refractivity contribution < 1.29 is 19.1 Å². The molecule has 1 aromatic carbocycles. The van der Waals surface area contributed by atoms with E-state index >= 15 is 0 Å². The Morgan fingerprint density at radius 1 is 1.43 bits per heavy atom. The number of benzene rings is 1. The summed E-state index contributed by atoms with van der Waals surface area (Å²) >= 11 is 0. The Labute approximate surface area is 122 Å². The van der Waals surface area contributed by atoms with Crippen molar-refractivity contribution in [3.05, 3.63) is 35.6 Å². The van der Waals surface area contributed by atoms with Crippen LogP contribution in [0.25, 0.3) is 11.0 Å². The molecule has 3 rings (SSSR count). The molecular weight excluding hydrogens is 270 g/mol. The molecule has 2 N–H and O–H groups in total. The average Bonchev–Trinajstić information content (AvgIpc) is 3.04. The molecule has 1 saturated heterocycles. The summed E-state index contributed by atoms with van der Waals surface area (Å²) in [5.74, 6) is -0.517. The number of carbonyl (C=O) groups is 1. The number of aromatic carboxylic acids is 1. The molecule has 0 radical (unpaired) electrons. The predicted molar refractivity (Wildman–Crippen MR) is 78.4 cm³/mol. The van der Waals surface area contributed by atoms with E-state index < -0.39 is 5.97 Å². The number of carboxylic acids is 1. The molecule has 1 fully saturated rings. The van der Waals surface area contributed by atoms with Gasteiger partial charge in [-0.1, -0.05) is 18.2 Å². The van der Waals surface area contributed by atoms with Crippen LogP contribution in [0.15, 0.2) is 28.7 Å². The van der Waals surface area contributed by atoms with Crippen LogP contribution >= 0.6 is 0 Å². The molecule has 5 heteroatoms. The predicted octanol–water partition coefficient (Wildman–Crippen LogP) is 2.65. The van der Waals surface area contributed by atoms with Gasteiger partial charge in [-0.25, -0.2) is 4.79 Å². The summed E-state index contributed by atoms with van der Waals surface area (Å²) in [5, 5.41) is 13.5. The molecule has 5 nitrogen and oxygen atoms in total. The molecule has 1 aliphatic rings. The minimum Gasteiger partial charge on any atom is -0.475 e. The third-order valence-corrected chi connectivity index (χ3v) is 4.13. The molecule has 0 bridgehead atoms. The number of para-hydroxylation sites is 1. The standard InChI is InChI=1S/C16H19NO4/c1-10-11(6-7-20-10)8-17-9-13-12-4-2-3-5-14(12)21-15(13)16(18)19/h2-5,10-11,17H,6-9H2,1H3,(H,18,19). The van der Waals surface area contributed by atoms with E-state index in [1.165, 1.54) is 0 Å². The summed E-state index contributed by atoms with van der Waals surface area (Å²) in [6, 6.07) is 7.41. The van der Waals surface area contributed by atoms with Crippen LogP contribution in [0.5, 0.6) is 0 Å². The van der Waals surface area contributed by atoms with E-state index in [1.807, 2.05) is 18.2 Å². The van der Waals surface area contributed by atoms with Crippen LogP contribution in [-0.2, 0) is 11.3 Å². The zero-order valence-electron chi connectivity index (χ0n) is 12.0. The SMILES string of the molecule is CC1OCCC1CNCc1c(C(=O)O)oc2ccccc12. The summed E-state index contributed by atoms with van der Waals surface area (Å²) in [4.78, 5) is 11.3. The summed E-state index contributed by atoms with van der Waals surface area (Å²) in [6.45, 7) is 4.19. The van der Waals surface area contributed by atoms with Crippen molar-refractivity contribution in [3.63, 3.8) is 0 Å². The van der Waals surface area contributed by atoms with Crippen LogP contribution in [0.2, 0.25) is 0 Å². The Kier molecular flexibility index (Phi) is 3.94. The smallest absolute Gasteiger partial charge is 0.372 e. The van der Waals surface area contributed by atoms with Crippen LogP contribution in [0, 0.1) is 5.92 Å². The fourth-order valence-electron chi connectivity index (χ4n) is 2.87. The number of hydrogen-bond donors (Lipinski definition) is 2. The number of ether oxygens (including phenoxy) is 1. The summed E-state index contributed by atoms with van der Waals surface area (Å²) in [5.41, 5.74) is 1.33. The number of fused-ring (bicyclic) bond motifs is 1. The Bertz CT molecular complexity index is 649. The molecule has 0 amide bonds. The zero-order chi connectivity index (χ0) is 14.8. The van der Waals surface area contributed by atoms with Crippen molar-refractivity contribution in [2.45, 2.75) is 26.0 Å². The van der Waals surface area contributed by atoms with Crippen LogP contribution in [0.4, 0.5) is 0 Å². The van der Waals surface area contributed by atoms with E-state index in [-0.39, 0.29) is 11.9 Å². The van der Waals surface area contributed by atoms with E-state index in [2.05, 4.69) is 12.2 Å². The van der Waals surface area contributed by atoms with Gasteiger partial charge < -0.3 is 19.6 Å². The maximum atomic E-state index is 11.3. The van der Waals surface area contributed by atoms with Crippen molar-refractivity contribution >= 4 is 16.9 Å². The normalized spacial score (nSPS) is 22.0. The first-order chi connectivity index (χ1) is 10.2. The highest BCUT2D eigenvalue weighted by Gasteiger charge is 2.24. The van der Waals surface area contributed by atoms with Crippen molar-refractivity contribution in [3.8, 4) is 0 Å². The lowest BCUT2D eigenvalue weighted by Gasteiger charge is -2.14. The summed E-state index contributed by atoms with van der Waals surface area (Å²) in [7, 11) is 0. The highest BCUT2D eigenvalue weighted by atomic mass is 16.5. The quantitative estimate of drug-likeness (QED) is 0.885. The van der Waals surface area contributed by atoms with E-state index in [0.717, 1.165) is 25.0 Å². The molecule has 21 heavy (non-hydrogen) atoms. The molecule has 1 aliphatic heterocycles. The third kappa shape index (κ3) is 2.80. The second kappa shape index (κ2) is 5.87. The highest BCUT2D eigenvalue weighted by Crippen LogP contribution is 2.26. The monoisotopic (exact) mass is 289 g/mol. The molecule has 2 aromatic rings. The van der Waals surface area contributed by atoms with Crippen molar-refractivity contribution in [2.75, 3.05) is 13.2 Å². The number of furan rings is 1. The van der Waals surface area contributed by atoms with Crippen molar-refractivity contribution in [1.82, 2.24) is 5.32 Å². The Balaban J connectivity index is 1.76. The largest absolute Gasteiger partial charge is 0.475 e. The van der Waals surface area contributed by atoms with Gasteiger partial charge in [0.05, 0.1) is 6.10 Å². The van der Waals surface area contributed by atoms with Gasteiger partial charge in [0.1, 0.15) is 5.58 Å². The van der Waals surface area contributed by atoms with Gasteiger partial charge in [0.15, 0.2) is 0 Å². The van der Waals surface area contributed by atoms with Crippen molar-refractivity contribution in [1.29, 1.82) is 0 Å². The van der Waals surface area contributed by atoms with Gasteiger partial charge in [-0.3, -0.25) is 0 Å². The molecule has 1 aromatic heterocycles. The van der Waals surface area contributed by atoms with E-state index in [9.17, 15) is 9.90 Å². The number of hydrogen-bond acceptors (Lipinski definition) is 4. The zero-order valence-corrected chi connectivity index (χ0v) is 12.0. The lowest BCUT2D eigenvalue weighted by molar-refractivity contribution is 0.0663. The van der Waals surface area contributed by atoms with Crippen LogP contribution < -0.4 is 5.32 Å². The summed E-state index contributed by atoms with van der Waals surface area (Å²) in [6.07, 6.45) is 1.31. The molecule has 2 unspecified atom stereocenters.